The zero-order valence-electron chi connectivity index (χ0n) is 12.5. The minimum absolute atomic E-state index is 0.718. The monoisotopic (exact) mass is 309 g/mol. The van der Waals surface area contributed by atoms with Crippen molar-refractivity contribution in [1.82, 2.24) is 4.98 Å². The molecule has 0 fully saturated rings. The van der Waals surface area contributed by atoms with Crippen LogP contribution in [0.4, 0.5) is 5.82 Å². The average molecular weight is 310 g/mol. The van der Waals surface area contributed by atoms with Crippen molar-refractivity contribution in [1.29, 1.82) is 0 Å². The highest BCUT2D eigenvalue weighted by Gasteiger charge is 2.03. The summed E-state index contributed by atoms with van der Waals surface area (Å²) in [5.74, 6) is 0.719. The molecule has 2 aromatic carbocycles. The van der Waals surface area contributed by atoms with Crippen molar-refractivity contribution in [2.24, 2.45) is 5.10 Å². The lowest BCUT2D eigenvalue weighted by molar-refractivity contribution is 1.25. The van der Waals surface area contributed by atoms with Crippen molar-refractivity contribution in [2.45, 2.75) is 13.8 Å². The topological polar surface area (TPSA) is 37.3 Å². The van der Waals surface area contributed by atoms with Gasteiger partial charge in [0.25, 0.3) is 0 Å². The van der Waals surface area contributed by atoms with Crippen molar-refractivity contribution >= 4 is 34.5 Å². The Bertz CT molecular complexity index is 856. The van der Waals surface area contributed by atoms with Gasteiger partial charge < -0.3 is 0 Å². The number of fused-ring (bicyclic) bond motifs is 1. The molecule has 1 heterocycles. The second-order valence-electron chi connectivity index (χ2n) is 5.27. The third-order valence-electron chi connectivity index (χ3n) is 3.41. The molecule has 0 spiro atoms. The number of rotatable bonds is 3. The van der Waals surface area contributed by atoms with E-state index in [4.69, 9.17) is 11.6 Å². The van der Waals surface area contributed by atoms with Gasteiger partial charge >= 0.3 is 0 Å². The van der Waals surface area contributed by atoms with Crippen LogP contribution >= 0.6 is 11.6 Å². The summed E-state index contributed by atoms with van der Waals surface area (Å²) in [5, 5.41) is 6.03. The van der Waals surface area contributed by atoms with E-state index >= 15 is 0 Å². The smallest absolute Gasteiger partial charge is 0.147 e. The number of nitrogens with one attached hydrogen (secondary N) is 1. The van der Waals surface area contributed by atoms with Gasteiger partial charge in [0.2, 0.25) is 0 Å². The van der Waals surface area contributed by atoms with E-state index < -0.39 is 0 Å². The highest BCUT2D eigenvalue weighted by molar-refractivity contribution is 6.31. The molecule has 0 radical (unpaired) electrons. The molecular formula is C18H16ClN3. The Balaban J connectivity index is 1.84. The summed E-state index contributed by atoms with van der Waals surface area (Å²) in [4.78, 5) is 4.54. The number of aryl methyl sites for hydroxylation is 2. The second-order valence-corrected chi connectivity index (χ2v) is 5.71. The quantitative estimate of drug-likeness (QED) is 0.549. The maximum absolute atomic E-state index is 6.03. The zero-order chi connectivity index (χ0) is 15.5. The summed E-state index contributed by atoms with van der Waals surface area (Å²) in [6.07, 6.45) is 1.79. The Hall–Kier alpha value is -2.39. The van der Waals surface area contributed by atoms with E-state index in [-0.39, 0.29) is 0 Å². The van der Waals surface area contributed by atoms with Crippen molar-refractivity contribution < 1.29 is 0 Å². The first kappa shape index (κ1) is 14.5. The van der Waals surface area contributed by atoms with Gasteiger partial charge in [-0.3, -0.25) is 5.43 Å². The molecule has 0 aliphatic rings. The van der Waals surface area contributed by atoms with Crippen molar-refractivity contribution in [3.63, 3.8) is 0 Å². The van der Waals surface area contributed by atoms with Crippen LogP contribution < -0.4 is 5.43 Å². The van der Waals surface area contributed by atoms with Gasteiger partial charge in [0.1, 0.15) is 5.82 Å². The lowest BCUT2D eigenvalue weighted by Gasteiger charge is -2.06. The number of aromatic nitrogens is 1. The maximum Gasteiger partial charge on any atom is 0.147 e. The van der Waals surface area contributed by atoms with Crippen molar-refractivity contribution in [3.8, 4) is 0 Å². The number of benzene rings is 2. The van der Waals surface area contributed by atoms with Gasteiger partial charge in [-0.05, 0) is 49.2 Å². The molecule has 3 aromatic rings. The summed E-state index contributed by atoms with van der Waals surface area (Å²) in [6.45, 7) is 4.10. The molecule has 0 aliphatic heterocycles. The Morgan fingerprint density at radius 2 is 1.95 bits per heavy atom. The van der Waals surface area contributed by atoms with Gasteiger partial charge in [-0.2, -0.15) is 5.10 Å². The summed E-state index contributed by atoms with van der Waals surface area (Å²) >= 11 is 6.03. The van der Waals surface area contributed by atoms with Gasteiger partial charge in [-0.15, -0.1) is 0 Å². The van der Waals surface area contributed by atoms with Gasteiger partial charge in [-0.1, -0.05) is 41.4 Å². The maximum atomic E-state index is 6.03. The van der Waals surface area contributed by atoms with Crippen LogP contribution in [0.5, 0.6) is 0 Å². The van der Waals surface area contributed by atoms with Crippen LogP contribution in [0.1, 0.15) is 16.7 Å². The molecular weight excluding hydrogens is 294 g/mol. The van der Waals surface area contributed by atoms with E-state index in [9.17, 15) is 0 Å². The van der Waals surface area contributed by atoms with E-state index in [0.717, 1.165) is 32.9 Å². The van der Waals surface area contributed by atoms with Gasteiger partial charge in [0.15, 0.2) is 0 Å². The number of pyridine rings is 1. The molecule has 0 saturated heterocycles. The van der Waals surface area contributed by atoms with Crippen LogP contribution in [0.15, 0.2) is 53.6 Å². The molecule has 4 heteroatoms. The minimum Gasteiger partial charge on any atom is -0.261 e. The molecule has 0 saturated carbocycles. The lowest BCUT2D eigenvalue weighted by Crippen LogP contribution is -1.95. The Labute approximate surface area is 134 Å². The summed E-state index contributed by atoms with van der Waals surface area (Å²) in [7, 11) is 0. The molecule has 0 unspecified atom stereocenters. The van der Waals surface area contributed by atoms with Crippen molar-refractivity contribution in [3.05, 3.63) is 70.2 Å². The minimum atomic E-state index is 0.718. The number of hydrazone groups is 1. The van der Waals surface area contributed by atoms with E-state index in [1.54, 1.807) is 6.21 Å². The summed E-state index contributed by atoms with van der Waals surface area (Å²) in [6, 6.07) is 15.8. The molecule has 1 aromatic heterocycles. The first-order valence-corrected chi connectivity index (χ1v) is 7.42. The van der Waals surface area contributed by atoms with Crippen LogP contribution in [-0.4, -0.2) is 11.2 Å². The summed E-state index contributed by atoms with van der Waals surface area (Å²) < 4.78 is 0. The fourth-order valence-corrected chi connectivity index (χ4v) is 2.52. The third-order valence-corrected chi connectivity index (χ3v) is 3.65. The standard InChI is InChI=1S/C18H16ClN3/c1-12-4-3-5-14(8-12)11-20-22-18-9-13(2)16-10-15(19)6-7-17(16)21-18/h3-11H,1-2H3,(H,21,22)/b20-11+. The van der Waals surface area contributed by atoms with Crippen LogP contribution in [0, 0.1) is 13.8 Å². The van der Waals surface area contributed by atoms with Gasteiger partial charge in [-0.25, -0.2) is 4.98 Å². The van der Waals surface area contributed by atoms with E-state index in [2.05, 4.69) is 34.6 Å². The molecule has 3 nitrogen and oxygen atoms in total. The van der Waals surface area contributed by atoms with E-state index in [0.29, 0.717) is 0 Å². The normalized spacial score (nSPS) is 11.2. The largest absolute Gasteiger partial charge is 0.261 e. The van der Waals surface area contributed by atoms with Crippen LogP contribution in [0.25, 0.3) is 10.9 Å². The average Bonchev–Trinajstić information content (AvgIpc) is 2.48. The van der Waals surface area contributed by atoms with Crippen LogP contribution in [0.2, 0.25) is 5.02 Å². The Morgan fingerprint density at radius 3 is 2.77 bits per heavy atom. The first-order valence-electron chi connectivity index (χ1n) is 7.04. The number of anilines is 1. The fourth-order valence-electron chi connectivity index (χ4n) is 2.35. The lowest BCUT2D eigenvalue weighted by atomic mass is 10.1. The first-order chi connectivity index (χ1) is 10.6. The summed E-state index contributed by atoms with van der Waals surface area (Å²) in [5.41, 5.74) is 7.26. The van der Waals surface area contributed by atoms with Crippen LogP contribution in [0.3, 0.4) is 0 Å². The number of hydrogen-bond acceptors (Lipinski definition) is 3. The molecule has 0 atom stereocenters. The molecule has 0 aliphatic carbocycles. The molecule has 110 valence electrons. The molecule has 3 rings (SSSR count). The Kier molecular flexibility index (Phi) is 4.07. The predicted molar refractivity (Wildman–Crippen MR) is 93.9 cm³/mol. The second kappa shape index (κ2) is 6.16. The molecule has 1 N–H and O–H groups in total. The molecule has 0 bridgehead atoms. The Morgan fingerprint density at radius 1 is 1.09 bits per heavy atom. The van der Waals surface area contributed by atoms with E-state index in [1.807, 2.05) is 43.3 Å². The van der Waals surface area contributed by atoms with E-state index in [1.165, 1.54) is 5.56 Å². The fraction of sp³-hybridized carbons (Fsp3) is 0.111. The predicted octanol–water partition coefficient (Wildman–Crippen LogP) is 4.95. The molecule has 0 amide bonds. The number of hydrogen-bond donors (Lipinski definition) is 1. The SMILES string of the molecule is Cc1cccc(/C=N/Nc2cc(C)c3cc(Cl)ccc3n2)c1. The number of halogens is 1. The third kappa shape index (κ3) is 3.26. The highest BCUT2D eigenvalue weighted by atomic mass is 35.5. The van der Waals surface area contributed by atoms with Crippen molar-refractivity contribution in [2.75, 3.05) is 5.43 Å². The zero-order valence-corrected chi connectivity index (χ0v) is 13.2. The van der Waals surface area contributed by atoms with Crippen LogP contribution in [-0.2, 0) is 0 Å². The van der Waals surface area contributed by atoms with Gasteiger partial charge in [0.05, 0.1) is 11.7 Å². The molecule has 22 heavy (non-hydrogen) atoms. The number of nitrogens with zero attached hydrogens (tertiary/aromatic N) is 2. The van der Waals surface area contributed by atoms with Gasteiger partial charge in [0, 0.05) is 10.4 Å². The highest BCUT2D eigenvalue weighted by Crippen LogP contribution is 2.23.